The highest BCUT2D eigenvalue weighted by Gasteiger charge is 2.15. The third-order valence-corrected chi connectivity index (χ3v) is 6.31. The van der Waals surface area contributed by atoms with E-state index in [1.807, 2.05) is 18.2 Å². The van der Waals surface area contributed by atoms with Crippen molar-refractivity contribution in [2.75, 3.05) is 19.8 Å². The van der Waals surface area contributed by atoms with Crippen LogP contribution >= 0.6 is 0 Å². The molecule has 0 amide bonds. The first-order chi connectivity index (χ1) is 17.2. The van der Waals surface area contributed by atoms with E-state index in [0.29, 0.717) is 39.3 Å². The molecule has 1 aromatic carbocycles. The standard InChI is InChI=1S/C30H52O5/c1-3-5-7-9-14-21-29(31)34-25-28(26-35-30(32)22-15-10-8-6-4-2)20-16-17-23-33-24-27-18-12-11-13-19-27/h11-13,18-19,28-29,31H,3-10,14-17,20-26H2,1-2H3. The minimum atomic E-state index is -0.734. The van der Waals surface area contributed by atoms with E-state index < -0.39 is 6.29 Å². The summed E-state index contributed by atoms with van der Waals surface area (Å²) < 4.78 is 17.1. The molecule has 0 aromatic heterocycles. The van der Waals surface area contributed by atoms with Gasteiger partial charge < -0.3 is 19.3 Å². The smallest absolute Gasteiger partial charge is 0.305 e. The lowest BCUT2D eigenvalue weighted by Gasteiger charge is -2.20. The summed E-state index contributed by atoms with van der Waals surface area (Å²) in [4.78, 5) is 12.2. The summed E-state index contributed by atoms with van der Waals surface area (Å²) in [6.45, 7) is 6.52. The average molecular weight is 493 g/mol. The third-order valence-electron chi connectivity index (χ3n) is 6.31. The molecule has 2 atom stereocenters. The quantitative estimate of drug-likeness (QED) is 0.0915. The second kappa shape index (κ2) is 23.0. The summed E-state index contributed by atoms with van der Waals surface area (Å²) in [5, 5.41) is 10.2. The van der Waals surface area contributed by atoms with Crippen molar-refractivity contribution < 1.29 is 24.1 Å². The van der Waals surface area contributed by atoms with Crippen molar-refractivity contribution in [1.82, 2.24) is 0 Å². The normalized spacial score (nSPS) is 13.0. The molecular formula is C30H52O5. The molecule has 0 aliphatic heterocycles. The first-order valence-corrected chi connectivity index (χ1v) is 14.2. The van der Waals surface area contributed by atoms with Gasteiger partial charge in [-0.15, -0.1) is 0 Å². The molecule has 0 heterocycles. The summed E-state index contributed by atoms with van der Waals surface area (Å²) >= 11 is 0. The molecule has 0 spiro atoms. The Bertz CT molecular complexity index is 592. The molecule has 0 fully saturated rings. The maximum Gasteiger partial charge on any atom is 0.305 e. The highest BCUT2D eigenvalue weighted by molar-refractivity contribution is 5.69. The van der Waals surface area contributed by atoms with Gasteiger partial charge in [0.15, 0.2) is 6.29 Å². The Labute approximate surface area is 214 Å². The molecule has 0 aliphatic carbocycles. The van der Waals surface area contributed by atoms with E-state index in [-0.39, 0.29) is 11.9 Å². The van der Waals surface area contributed by atoms with Crippen molar-refractivity contribution in [3.05, 3.63) is 35.9 Å². The first kappa shape index (κ1) is 31.6. The van der Waals surface area contributed by atoms with E-state index in [1.165, 1.54) is 44.1 Å². The zero-order chi connectivity index (χ0) is 25.4. The van der Waals surface area contributed by atoms with Gasteiger partial charge in [-0.05, 0) is 37.7 Å². The fraction of sp³-hybridized carbons (Fsp3) is 0.767. The van der Waals surface area contributed by atoms with Gasteiger partial charge in [-0.25, -0.2) is 0 Å². The number of esters is 1. The molecular weight excluding hydrogens is 440 g/mol. The highest BCUT2D eigenvalue weighted by Crippen LogP contribution is 2.15. The Kier molecular flexibility index (Phi) is 20.8. The van der Waals surface area contributed by atoms with Crippen LogP contribution in [0.4, 0.5) is 0 Å². The summed E-state index contributed by atoms with van der Waals surface area (Å²) in [7, 11) is 0. The molecule has 0 radical (unpaired) electrons. The number of rotatable bonds is 24. The predicted octanol–water partition coefficient (Wildman–Crippen LogP) is 7.59. The van der Waals surface area contributed by atoms with Crippen molar-refractivity contribution >= 4 is 5.97 Å². The number of ether oxygens (including phenoxy) is 3. The summed E-state index contributed by atoms with van der Waals surface area (Å²) in [6, 6.07) is 10.2. The number of carbonyl (C=O) groups excluding carboxylic acids is 1. The maximum absolute atomic E-state index is 12.2. The summed E-state index contributed by atoms with van der Waals surface area (Å²) in [5.41, 5.74) is 1.18. The Balaban J connectivity index is 2.29. The Morgan fingerprint density at radius 2 is 1.46 bits per heavy atom. The molecule has 0 bridgehead atoms. The van der Waals surface area contributed by atoms with Gasteiger partial charge in [0.25, 0.3) is 0 Å². The molecule has 1 rings (SSSR count). The number of carbonyl (C=O) groups is 1. The third kappa shape index (κ3) is 19.4. The molecule has 0 saturated carbocycles. The minimum absolute atomic E-state index is 0.0999. The number of hydrogen-bond acceptors (Lipinski definition) is 5. The van der Waals surface area contributed by atoms with E-state index in [2.05, 4.69) is 26.0 Å². The van der Waals surface area contributed by atoms with Crippen molar-refractivity contribution in [3.8, 4) is 0 Å². The monoisotopic (exact) mass is 492 g/mol. The number of aliphatic hydroxyl groups is 1. The van der Waals surface area contributed by atoms with Gasteiger partial charge in [0.05, 0.1) is 19.8 Å². The van der Waals surface area contributed by atoms with Gasteiger partial charge in [-0.2, -0.15) is 0 Å². The Hall–Kier alpha value is -1.43. The van der Waals surface area contributed by atoms with Gasteiger partial charge in [0.2, 0.25) is 0 Å². The van der Waals surface area contributed by atoms with E-state index in [4.69, 9.17) is 14.2 Å². The van der Waals surface area contributed by atoms with Crippen LogP contribution in [0, 0.1) is 5.92 Å². The number of benzene rings is 1. The molecule has 1 N–H and O–H groups in total. The minimum Gasteiger partial charge on any atom is -0.465 e. The largest absolute Gasteiger partial charge is 0.465 e. The fourth-order valence-electron chi connectivity index (χ4n) is 4.03. The SMILES string of the molecule is CCCCCCCC(=O)OCC(CCCCOCc1ccccc1)COC(O)CCCCCCC. The molecule has 5 nitrogen and oxygen atoms in total. The molecule has 0 saturated heterocycles. The lowest BCUT2D eigenvalue weighted by Crippen LogP contribution is -2.23. The van der Waals surface area contributed by atoms with Crippen LogP contribution in [0.5, 0.6) is 0 Å². The maximum atomic E-state index is 12.2. The highest BCUT2D eigenvalue weighted by atomic mass is 16.6. The molecule has 0 aliphatic rings. The lowest BCUT2D eigenvalue weighted by atomic mass is 10.0. The topological polar surface area (TPSA) is 65.0 Å². The predicted molar refractivity (Wildman–Crippen MR) is 143 cm³/mol. The molecule has 35 heavy (non-hydrogen) atoms. The van der Waals surface area contributed by atoms with Crippen LogP contribution in [-0.4, -0.2) is 37.2 Å². The summed E-state index contributed by atoms with van der Waals surface area (Å²) in [5.74, 6) is -0.0166. The van der Waals surface area contributed by atoms with Crippen LogP contribution in [0.3, 0.4) is 0 Å². The van der Waals surface area contributed by atoms with Gasteiger partial charge in [-0.3, -0.25) is 4.79 Å². The Morgan fingerprint density at radius 1 is 0.800 bits per heavy atom. The average Bonchev–Trinajstić information content (AvgIpc) is 2.87. The first-order valence-electron chi connectivity index (χ1n) is 14.2. The van der Waals surface area contributed by atoms with Crippen LogP contribution in [0.1, 0.15) is 116 Å². The van der Waals surface area contributed by atoms with Crippen LogP contribution in [0.25, 0.3) is 0 Å². The second-order valence-electron chi connectivity index (χ2n) is 9.74. The number of hydrogen-bond donors (Lipinski definition) is 1. The fourth-order valence-corrected chi connectivity index (χ4v) is 4.03. The van der Waals surface area contributed by atoms with Crippen molar-refractivity contribution in [2.45, 2.75) is 123 Å². The van der Waals surface area contributed by atoms with E-state index in [0.717, 1.165) is 44.9 Å². The van der Waals surface area contributed by atoms with Crippen LogP contribution in [-0.2, 0) is 25.6 Å². The molecule has 2 unspecified atom stereocenters. The van der Waals surface area contributed by atoms with E-state index in [1.54, 1.807) is 0 Å². The van der Waals surface area contributed by atoms with Crippen LogP contribution < -0.4 is 0 Å². The number of aliphatic hydroxyl groups excluding tert-OH is 1. The van der Waals surface area contributed by atoms with Crippen molar-refractivity contribution in [2.24, 2.45) is 5.92 Å². The zero-order valence-corrected chi connectivity index (χ0v) is 22.6. The van der Waals surface area contributed by atoms with Crippen molar-refractivity contribution in [3.63, 3.8) is 0 Å². The molecule has 202 valence electrons. The lowest BCUT2D eigenvalue weighted by molar-refractivity contribution is -0.149. The summed E-state index contributed by atoms with van der Waals surface area (Å²) in [6.07, 6.45) is 14.6. The van der Waals surface area contributed by atoms with Crippen molar-refractivity contribution in [1.29, 1.82) is 0 Å². The van der Waals surface area contributed by atoms with Crippen LogP contribution in [0.15, 0.2) is 30.3 Å². The second-order valence-corrected chi connectivity index (χ2v) is 9.74. The van der Waals surface area contributed by atoms with Gasteiger partial charge >= 0.3 is 5.97 Å². The van der Waals surface area contributed by atoms with Gasteiger partial charge in [-0.1, -0.05) is 102 Å². The molecule has 5 heteroatoms. The van der Waals surface area contributed by atoms with Gasteiger partial charge in [0.1, 0.15) is 0 Å². The van der Waals surface area contributed by atoms with E-state index >= 15 is 0 Å². The van der Waals surface area contributed by atoms with E-state index in [9.17, 15) is 9.90 Å². The Morgan fingerprint density at radius 3 is 2.17 bits per heavy atom. The zero-order valence-electron chi connectivity index (χ0n) is 22.6. The van der Waals surface area contributed by atoms with Crippen LogP contribution in [0.2, 0.25) is 0 Å². The number of unbranched alkanes of at least 4 members (excludes halogenated alkanes) is 9. The van der Waals surface area contributed by atoms with Gasteiger partial charge in [0, 0.05) is 18.9 Å². The molecule has 1 aromatic rings.